The van der Waals surface area contributed by atoms with Crippen LogP contribution < -0.4 is 5.32 Å². The van der Waals surface area contributed by atoms with E-state index in [4.69, 9.17) is 4.98 Å². The van der Waals surface area contributed by atoms with Crippen LogP contribution in [0, 0.1) is 5.82 Å². The molecule has 2 aromatic carbocycles. The molecule has 0 amide bonds. The van der Waals surface area contributed by atoms with Crippen molar-refractivity contribution >= 4 is 27.6 Å². The minimum atomic E-state index is -0.342. The van der Waals surface area contributed by atoms with E-state index in [1.807, 2.05) is 24.4 Å². The van der Waals surface area contributed by atoms with Crippen LogP contribution in [0.3, 0.4) is 0 Å². The number of rotatable bonds is 7. The number of benzene rings is 2. The second kappa shape index (κ2) is 9.31. The molecule has 0 unspecified atom stereocenters. The Hall–Kier alpha value is -4.85. The SMILES string of the molecule is C=C(CCC)Nc1cncc(-c2ccc3[nH]nc(-c4nc5c(-c6ccccc6F)nccc5[nH]4)c3c2)c1. The van der Waals surface area contributed by atoms with E-state index in [9.17, 15) is 4.39 Å². The van der Waals surface area contributed by atoms with Gasteiger partial charge in [-0.25, -0.2) is 9.37 Å². The van der Waals surface area contributed by atoms with E-state index in [0.717, 1.165) is 51.8 Å². The van der Waals surface area contributed by atoms with Crippen LogP contribution in [0.5, 0.6) is 0 Å². The number of nitrogens with zero attached hydrogens (tertiary/aromatic N) is 4. The molecule has 8 heteroatoms. The third-order valence-corrected chi connectivity index (χ3v) is 6.26. The molecular weight excluding hydrogens is 465 g/mol. The quantitative estimate of drug-likeness (QED) is 0.222. The molecule has 0 spiro atoms. The summed E-state index contributed by atoms with van der Waals surface area (Å²) in [6.45, 7) is 6.21. The first-order valence-corrected chi connectivity index (χ1v) is 12.1. The summed E-state index contributed by atoms with van der Waals surface area (Å²) in [7, 11) is 0. The lowest BCUT2D eigenvalue weighted by atomic mass is 10.0. The summed E-state index contributed by atoms with van der Waals surface area (Å²) in [4.78, 5) is 17.0. The zero-order valence-electron chi connectivity index (χ0n) is 20.2. The van der Waals surface area contributed by atoms with Crippen molar-refractivity contribution in [3.05, 3.63) is 91.3 Å². The smallest absolute Gasteiger partial charge is 0.159 e. The topological polar surface area (TPSA) is 95.2 Å². The lowest BCUT2D eigenvalue weighted by molar-refractivity contribution is 0.631. The van der Waals surface area contributed by atoms with Gasteiger partial charge < -0.3 is 10.3 Å². The third-order valence-electron chi connectivity index (χ3n) is 6.26. The van der Waals surface area contributed by atoms with Crippen molar-refractivity contribution in [3.8, 4) is 33.9 Å². The maximum Gasteiger partial charge on any atom is 0.159 e. The van der Waals surface area contributed by atoms with Crippen LogP contribution >= 0.6 is 0 Å². The molecule has 182 valence electrons. The van der Waals surface area contributed by atoms with Crippen LogP contribution in [-0.2, 0) is 0 Å². The van der Waals surface area contributed by atoms with Crippen LogP contribution in [0.2, 0.25) is 0 Å². The zero-order chi connectivity index (χ0) is 25.4. The fraction of sp³-hybridized carbons (Fsp3) is 0.103. The van der Waals surface area contributed by atoms with Crippen LogP contribution in [0.25, 0.3) is 55.8 Å². The van der Waals surface area contributed by atoms with Gasteiger partial charge in [0.25, 0.3) is 0 Å². The van der Waals surface area contributed by atoms with E-state index in [1.54, 1.807) is 30.6 Å². The average molecular weight is 490 g/mol. The first-order valence-electron chi connectivity index (χ1n) is 12.1. The van der Waals surface area contributed by atoms with Crippen molar-refractivity contribution < 1.29 is 4.39 Å². The van der Waals surface area contributed by atoms with Crippen molar-refractivity contribution in [2.75, 3.05) is 5.32 Å². The Morgan fingerprint density at radius 3 is 2.76 bits per heavy atom. The standard InChI is InChI=1S/C29H24FN7/c1-3-6-17(2)33-20-13-19(15-31-16-20)18-9-10-24-22(14-18)27(37-36-24)29-34-25-11-12-32-26(28(25)35-29)21-7-4-5-8-23(21)30/h4-5,7-16,33H,2-3,6H2,1H3,(H,34,35)(H,36,37). The largest absolute Gasteiger partial charge is 0.358 e. The van der Waals surface area contributed by atoms with E-state index in [2.05, 4.69) is 56.1 Å². The Bertz CT molecular complexity index is 1770. The van der Waals surface area contributed by atoms with Crippen molar-refractivity contribution in [3.63, 3.8) is 0 Å². The van der Waals surface area contributed by atoms with Gasteiger partial charge in [0, 0.05) is 34.6 Å². The molecule has 0 saturated heterocycles. The van der Waals surface area contributed by atoms with Gasteiger partial charge in [0.05, 0.1) is 22.9 Å². The van der Waals surface area contributed by atoms with E-state index in [-0.39, 0.29) is 5.82 Å². The summed E-state index contributed by atoms with van der Waals surface area (Å²) in [6.07, 6.45) is 7.21. The lowest BCUT2D eigenvalue weighted by Gasteiger charge is -2.10. The summed E-state index contributed by atoms with van der Waals surface area (Å²) in [5, 5.41) is 11.9. The Labute approximate surface area is 212 Å². The summed E-state index contributed by atoms with van der Waals surface area (Å²) in [5.41, 5.74) is 7.61. The Kier molecular flexibility index (Phi) is 5.69. The number of hydrogen-bond donors (Lipinski definition) is 3. The van der Waals surface area contributed by atoms with Crippen LogP contribution in [0.4, 0.5) is 10.1 Å². The first kappa shape index (κ1) is 22.6. The van der Waals surface area contributed by atoms with Crippen molar-refractivity contribution in [2.45, 2.75) is 19.8 Å². The second-order valence-electron chi connectivity index (χ2n) is 8.89. The van der Waals surface area contributed by atoms with Gasteiger partial charge in [0.2, 0.25) is 0 Å². The van der Waals surface area contributed by atoms with Crippen LogP contribution in [0.1, 0.15) is 19.8 Å². The summed E-state index contributed by atoms with van der Waals surface area (Å²) in [5.74, 6) is 0.235. The Morgan fingerprint density at radius 2 is 1.89 bits per heavy atom. The van der Waals surface area contributed by atoms with Crippen molar-refractivity contribution in [1.29, 1.82) is 0 Å². The maximum absolute atomic E-state index is 14.5. The highest BCUT2D eigenvalue weighted by Gasteiger charge is 2.17. The van der Waals surface area contributed by atoms with Crippen molar-refractivity contribution in [1.82, 2.24) is 30.1 Å². The number of nitrogens with one attached hydrogen (secondary N) is 3. The molecule has 3 N–H and O–H groups in total. The first-order chi connectivity index (χ1) is 18.1. The highest BCUT2D eigenvalue weighted by atomic mass is 19.1. The number of aromatic nitrogens is 6. The summed E-state index contributed by atoms with van der Waals surface area (Å²) < 4.78 is 14.5. The number of imidazole rings is 1. The molecule has 0 aliphatic carbocycles. The molecular formula is C29H24FN7. The van der Waals surface area contributed by atoms with Crippen LogP contribution in [0.15, 0.2) is 85.5 Å². The molecule has 7 nitrogen and oxygen atoms in total. The van der Waals surface area contributed by atoms with Gasteiger partial charge >= 0.3 is 0 Å². The zero-order valence-corrected chi connectivity index (χ0v) is 20.2. The monoisotopic (exact) mass is 489 g/mol. The van der Waals surface area contributed by atoms with E-state index >= 15 is 0 Å². The van der Waals surface area contributed by atoms with Gasteiger partial charge in [-0.2, -0.15) is 5.10 Å². The third kappa shape index (κ3) is 4.23. The number of pyridine rings is 2. The molecule has 6 aromatic rings. The number of anilines is 1. The molecule has 0 bridgehead atoms. The Morgan fingerprint density at radius 1 is 1.00 bits per heavy atom. The van der Waals surface area contributed by atoms with Gasteiger partial charge in [-0.05, 0) is 48.4 Å². The summed E-state index contributed by atoms with van der Waals surface area (Å²) >= 11 is 0. The maximum atomic E-state index is 14.5. The van der Waals surface area contributed by atoms with Gasteiger partial charge in [0.1, 0.15) is 22.7 Å². The average Bonchev–Trinajstić information content (AvgIpc) is 3.53. The highest BCUT2D eigenvalue weighted by molar-refractivity contribution is 5.97. The molecule has 0 aliphatic rings. The predicted octanol–water partition coefficient (Wildman–Crippen LogP) is 7.10. The molecule has 6 rings (SSSR count). The minimum absolute atomic E-state index is 0.342. The number of hydrogen-bond acceptors (Lipinski definition) is 5. The van der Waals surface area contributed by atoms with Gasteiger partial charge in [-0.15, -0.1) is 0 Å². The highest BCUT2D eigenvalue weighted by Crippen LogP contribution is 2.33. The van der Waals surface area contributed by atoms with Gasteiger partial charge in [0.15, 0.2) is 5.82 Å². The normalized spacial score (nSPS) is 11.3. The minimum Gasteiger partial charge on any atom is -0.358 e. The van der Waals surface area contributed by atoms with Crippen LogP contribution in [-0.4, -0.2) is 30.1 Å². The molecule has 0 saturated carbocycles. The second-order valence-corrected chi connectivity index (χ2v) is 8.89. The number of aromatic amines is 2. The molecule has 0 atom stereocenters. The summed E-state index contributed by atoms with van der Waals surface area (Å²) in [6, 6.07) is 16.5. The fourth-order valence-electron chi connectivity index (χ4n) is 4.51. The van der Waals surface area contributed by atoms with Gasteiger partial charge in [-0.3, -0.25) is 15.1 Å². The Balaban J connectivity index is 1.41. The number of halogens is 1. The predicted molar refractivity (Wildman–Crippen MR) is 145 cm³/mol. The molecule has 37 heavy (non-hydrogen) atoms. The number of H-pyrrole nitrogens is 2. The molecule has 4 aromatic heterocycles. The number of allylic oxidation sites excluding steroid dienone is 1. The fourth-order valence-corrected chi connectivity index (χ4v) is 4.51. The molecule has 0 fully saturated rings. The molecule has 0 aliphatic heterocycles. The van der Waals surface area contributed by atoms with E-state index in [0.29, 0.717) is 28.3 Å². The van der Waals surface area contributed by atoms with Gasteiger partial charge in [-0.1, -0.05) is 38.1 Å². The molecule has 4 heterocycles. The van der Waals surface area contributed by atoms with Crippen molar-refractivity contribution in [2.24, 2.45) is 0 Å². The lowest BCUT2D eigenvalue weighted by Crippen LogP contribution is -1.98. The van der Waals surface area contributed by atoms with E-state index < -0.39 is 0 Å². The van der Waals surface area contributed by atoms with E-state index in [1.165, 1.54) is 6.07 Å². The molecule has 0 radical (unpaired) electrons. The number of fused-ring (bicyclic) bond motifs is 2.